The molecule has 1 unspecified atom stereocenters. The first-order valence-electron chi connectivity index (χ1n) is 9.81. The van der Waals surface area contributed by atoms with Gasteiger partial charge in [-0.25, -0.2) is 0 Å². The number of amides is 1. The van der Waals surface area contributed by atoms with Gasteiger partial charge >= 0.3 is 6.18 Å². The summed E-state index contributed by atoms with van der Waals surface area (Å²) in [5.41, 5.74) is 0.145. The average molecular weight is 418 g/mol. The highest BCUT2D eigenvalue weighted by molar-refractivity contribution is 5.94. The Morgan fingerprint density at radius 1 is 1.17 bits per heavy atom. The van der Waals surface area contributed by atoms with Crippen LogP contribution in [0.1, 0.15) is 47.4 Å². The first-order valence-corrected chi connectivity index (χ1v) is 9.81. The Bertz CT molecular complexity index is 1050. The number of alkyl halides is 3. The molecule has 1 saturated heterocycles. The zero-order valence-corrected chi connectivity index (χ0v) is 16.4. The minimum Gasteiger partial charge on any atom is -0.494 e. The molecule has 1 aliphatic rings. The van der Waals surface area contributed by atoms with E-state index in [0.29, 0.717) is 42.5 Å². The number of aromatic nitrogens is 3. The van der Waals surface area contributed by atoms with Gasteiger partial charge in [0, 0.05) is 30.8 Å². The topological polar surface area (TPSA) is 59.7 Å². The summed E-state index contributed by atoms with van der Waals surface area (Å²) in [6.07, 6.45) is -1.96. The van der Waals surface area contributed by atoms with Crippen molar-refractivity contribution >= 4 is 11.6 Å². The minimum absolute atomic E-state index is 0.118. The van der Waals surface area contributed by atoms with Crippen molar-refractivity contribution in [2.75, 3.05) is 19.7 Å². The summed E-state index contributed by atoms with van der Waals surface area (Å²) in [7, 11) is 0. The second-order valence-corrected chi connectivity index (χ2v) is 7.25. The molecular weight excluding hydrogens is 397 g/mol. The summed E-state index contributed by atoms with van der Waals surface area (Å²) in [5, 5.41) is 8.13. The van der Waals surface area contributed by atoms with Crippen molar-refractivity contribution in [3.05, 3.63) is 59.5 Å². The Morgan fingerprint density at radius 3 is 2.63 bits per heavy atom. The highest BCUT2D eigenvalue weighted by Gasteiger charge is 2.33. The number of nitrogens with zero attached hydrogens (tertiary/aromatic N) is 4. The van der Waals surface area contributed by atoms with E-state index in [4.69, 9.17) is 4.74 Å². The molecular formula is C21H21F3N4O2. The fourth-order valence-corrected chi connectivity index (χ4v) is 3.77. The van der Waals surface area contributed by atoms with Crippen molar-refractivity contribution < 1.29 is 22.7 Å². The maximum absolute atomic E-state index is 13.1. The number of pyridine rings is 1. The molecule has 0 aliphatic carbocycles. The lowest BCUT2D eigenvalue weighted by molar-refractivity contribution is -0.137. The molecule has 6 nitrogen and oxygen atoms in total. The maximum atomic E-state index is 13.1. The summed E-state index contributed by atoms with van der Waals surface area (Å²) in [5.74, 6) is 0.831. The lowest BCUT2D eigenvalue weighted by atomic mass is 9.96. The van der Waals surface area contributed by atoms with Gasteiger partial charge in [0.25, 0.3) is 5.91 Å². The number of ether oxygens (including phenoxy) is 1. The van der Waals surface area contributed by atoms with Crippen LogP contribution in [0.2, 0.25) is 0 Å². The third kappa shape index (κ3) is 3.96. The van der Waals surface area contributed by atoms with E-state index in [1.807, 2.05) is 6.92 Å². The molecule has 1 amide bonds. The van der Waals surface area contributed by atoms with E-state index < -0.39 is 11.7 Å². The van der Waals surface area contributed by atoms with E-state index in [1.165, 1.54) is 10.5 Å². The van der Waals surface area contributed by atoms with E-state index in [0.717, 1.165) is 25.1 Å². The molecule has 0 bridgehead atoms. The van der Waals surface area contributed by atoms with Gasteiger partial charge in [0.05, 0.1) is 12.2 Å². The van der Waals surface area contributed by atoms with Crippen LogP contribution in [-0.4, -0.2) is 45.1 Å². The number of hydrogen-bond acceptors (Lipinski definition) is 4. The average Bonchev–Trinajstić information content (AvgIpc) is 3.17. The molecule has 3 heterocycles. The number of likely N-dealkylation sites (tertiary alicyclic amines) is 1. The van der Waals surface area contributed by atoms with Crippen LogP contribution in [0, 0.1) is 0 Å². The second-order valence-electron chi connectivity index (χ2n) is 7.25. The second kappa shape index (κ2) is 7.97. The highest BCUT2D eigenvalue weighted by atomic mass is 19.4. The Hall–Kier alpha value is -3.10. The van der Waals surface area contributed by atoms with Crippen molar-refractivity contribution in [2.24, 2.45) is 0 Å². The molecule has 0 spiro atoms. The van der Waals surface area contributed by atoms with Crippen LogP contribution >= 0.6 is 0 Å². The summed E-state index contributed by atoms with van der Waals surface area (Å²) < 4.78 is 46.1. The summed E-state index contributed by atoms with van der Waals surface area (Å²) in [6.45, 7) is 3.40. The fourth-order valence-electron chi connectivity index (χ4n) is 3.77. The number of carbonyl (C=O) groups is 1. The van der Waals surface area contributed by atoms with E-state index in [2.05, 4.69) is 10.2 Å². The Kier molecular flexibility index (Phi) is 5.36. The molecule has 0 saturated carbocycles. The highest BCUT2D eigenvalue weighted by Crippen LogP contribution is 2.31. The van der Waals surface area contributed by atoms with Crippen molar-refractivity contribution in [1.29, 1.82) is 0 Å². The van der Waals surface area contributed by atoms with Crippen molar-refractivity contribution in [2.45, 2.75) is 31.9 Å². The number of carbonyl (C=O) groups excluding carboxylic acids is 1. The van der Waals surface area contributed by atoms with Gasteiger partial charge in [-0.1, -0.05) is 0 Å². The van der Waals surface area contributed by atoms with Crippen LogP contribution in [0.25, 0.3) is 5.65 Å². The first kappa shape index (κ1) is 20.2. The summed E-state index contributed by atoms with van der Waals surface area (Å²) in [6, 6.07) is 9.26. The van der Waals surface area contributed by atoms with Gasteiger partial charge in [-0.2, -0.15) is 13.2 Å². The normalized spacial score (nSPS) is 17.3. The van der Waals surface area contributed by atoms with Crippen molar-refractivity contribution in [3.8, 4) is 5.75 Å². The minimum atomic E-state index is -4.45. The van der Waals surface area contributed by atoms with Gasteiger partial charge in [0.1, 0.15) is 11.6 Å². The number of piperidine rings is 1. The Labute approximate surface area is 171 Å². The van der Waals surface area contributed by atoms with Crippen LogP contribution in [0.3, 0.4) is 0 Å². The SMILES string of the molecule is CCOc1ccc(C(=O)N2CCCC(c3nnc4ccc(C(F)(F)F)cn34)C2)cc1. The third-order valence-corrected chi connectivity index (χ3v) is 5.24. The molecule has 3 aromatic rings. The molecule has 9 heteroatoms. The number of benzene rings is 1. The zero-order valence-electron chi connectivity index (χ0n) is 16.4. The predicted octanol–water partition coefficient (Wildman–Crippen LogP) is 4.17. The van der Waals surface area contributed by atoms with Gasteiger partial charge < -0.3 is 9.64 Å². The van der Waals surface area contributed by atoms with E-state index in [9.17, 15) is 18.0 Å². The molecule has 1 atom stereocenters. The van der Waals surface area contributed by atoms with Crippen LogP contribution in [0.4, 0.5) is 13.2 Å². The van der Waals surface area contributed by atoms with Gasteiger partial charge in [-0.05, 0) is 56.2 Å². The van der Waals surface area contributed by atoms with E-state index in [-0.39, 0.29) is 11.8 Å². The largest absolute Gasteiger partial charge is 0.494 e. The summed E-state index contributed by atoms with van der Waals surface area (Å²) >= 11 is 0. The summed E-state index contributed by atoms with van der Waals surface area (Å²) in [4.78, 5) is 14.6. The number of halogens is 3. The van der Waals surface area contributed by atoms with Crippen LogP contribution in [0.15, 0.2) is 42.6 Å². The molecule has 158 valence electrons. The standard InChI is InChI=1S/C21H21F3N4O2/c1-2-30-17-8-5-14(6-9-17)20(29)27-11-3-4-15(12-27)19-26-25-18-10-7-16(13-28(18)19)21(22,23)24/h5-10,13,15H,2-4,11-12H2,1H3. The van der Waals surface area contributed by atoms with E-state index in [1.54, 1.807) is 29.2 Å². The predicted molar refractivity (Wildman–Crippen MR) is 103 cm³/mol. The van der Waals surface area contributed by atoms with Crippen molar-refractivity contribution in [1.82, 2.24) is 19.5 Å². The molecule has 0 radical (unpaired) electrons. The molecule has 1 fully saturated rings. The Morgan fingerprint density at radius 2 is 1.93 bits per heavy atom. The Balaban J connectivity index is 1.56. The van der Waals surface area contributed by atoms with Crippen molar-refractivity contribution in [3.63, 3.8) is 0 Å². The molecule has 4 rings (SSSR count). The van der Waals surface area contributed by atoms with Gasteiger partial charge in [-0.15, -0.1) is 10.2 Å². The number of fused-ring (bicyclic) bond motifs is 1. The molecule has 1 aromatic carbocycles. The molecule has 1 aliphatic heterocycles. The van der Waals surface area contributed by atoms with Crippen LogP contribution in [-0.2, 0) is 6.18 Å². The third-order valence-electron chi connectivity index (χ3n) is 5.24. The molecule has 0 N–H and O–H groups in total. The monoisotopic (exact) mass is 418 g/mol. The molecule has 2 aromatic heterocycles. The lowest BCUT2D eigenvalue weighted by Crippen LogP contribution is -2.39. The maximum Gasteiger partial charge on any atom is 0.417 e. The number of rotatable bonds is 4. The van der Waals surface area contributed by atoms with Crippen LogP contribution < -0.4 is 4.74 Å². The van der Waals surface area contributed by atoms with Gasteiger partial charge in [-0.3, -0.25) is 9.20 Å². The number of hydrogen-bond donors (Lipinski definition) is 0. The van der Waals surface area contributed by atoms with Gasteiger partial charge in [0.15, 0.2) is 5.65 Å². The lowest BCUT2D eigenvalue weighted by Gasteiger charge is -2.32. The smallest absolute Gasteiger partial charge is 0.417 e. The van der Waals surface area contributed by atoms with Gasteiger partial charge in [0.2, 0.25) is 0 Å². The first-order chi connectivity index (χ1) is 14.4. The quantitative estimate of drug-likeness (QED) is 0.638. The fraction of sp³-hybridized carbons (Fsp3) is 0.381. The zero-order chi connectivity index (χ0) is 21.3. The van der Waals surface area contributed by atoms with E-state index >= 15 is 0 Å². The molecule has 30 heavy (non-hydrogen) atoms. The van der Waals surface area contributed by atoms with Crippen LogP contribution in [0.5, 0.6) is 5.75 Å².